The van der Waals surface area contributed by atoms with Crippen LogP contribution < -0.4 is 5.32 Å². The molecule has 1 aliphatic heterocycles. The Bertz CT molecular complexity index is 154. The third kappa shape index (κ3) is 1.62. The Kier molecular flexibility index (Phi) is 1.58. The van der Waals surface area contributed by atoms with Crippen LogP contribution in [0, 0.1) is 0 Å². The van der Waals surface area contributed by atoms with Gasteiger partial charge in [0, 0.05) is 12.0 Å². The Labute approximate surface area is 60.7 Å². The zero-order chi connectivity index (χ0) is 7.78. The molecule has 0 bridgehead atoms. The first-order valence-corrected chi connectivity index (χ1v) is 3.48. The van der Waals surface area contributed by atoms with Gasteiger partial charge in [-0.25, -0.2) is 4.79 Å². The molecule has 3 heteroatoms. The van der Waals surface area contributed by atoms with Crippen LogP contribution in [0.15, 0.2) is 0 Å². The van der Waals surface area contributed by atoms with E-state index in [9.17, 15) is 4.79 Å². The Morgan fingerprint density at radius 1 is 1.70 bits per heavy atom. The van der Waals surface area contributed by atoms with Crippen LogP contribution in [0.5, 0.6) is 0 Å². The Balaban J connectivity index is 2.59. The number of alkyl carbamates (subject to hydrolysis) is 1. The number of hydrogen-bond donors (Lipinski definition) is 1. The second-order valence-electron chi connectivity index (χ2n) is 3.43. The summed E-state index contributed by atoms with van der Waals surface area (Å²) >= 11 is 0. The van der Waals surface area contributed by atoms with Crippen molar-refractivity contribution in [3.05, 3.63) is 0 Å². The van der Waals surface area contributed by atoms with Gasteiger partial charge in [-0.05, 0) is 20.8 Å². The van der Waals surface area contributed by atoms with E-state index < -0.39 is 0 Å². The van der Waals surface area contributed by atoms with E-state index in [2.05, 4.69) is 5.32 Å². The van der Waals surface area contributed by atoms with Crippen molar-refractivity contribution in [1.82, 2.24) is 5.32 Å². The van der Waals surface area contributed by atoms with Gasteiger partial charge in [0.15, 0.2) is 0 Å². The summed E-state index contributed by atoms with van der Waals surface area (Å²) in [6.07, 6.45) is 0.617. The van der Waals surface area contributed by atoms with Crippen LogP contribution in [0.25, 0.3) is 0 Å². The third-order valence-corrected chi connectivity index (χ3v) is 1.55. The molecule has 0 aromatic heterocycles. The van der Waals surface area contributed by atoms with Crippen molar-refractivity contribution in [2.24, 2.45) is 0 Å². The van der Waals surface area contributed by atoms with Crippen LogP contribution in [-0.2, 0) is 4.74 Å². The minimum atomic E-state index is -0.302. The van der Waals surface area contributed by atoms with Crippen molar-refractivity contribution in [3.8, 4) is 0 Å². The van der Waals surface area contributed by atoms with Gasteiger partial charge in [-0.1, -0.05) is 0 Å². The molecule has 0 radical (unpaired) electrons. The molecule has 0 spiro atoms. The fourth-order valence-corrected chi connectivity index (χ4v) is 1.30. The van der Waals surface area contributed by atoms with Crippen LogP contribution in [0.4, 0.5) is 4.79 Å². The summed E-state index contributed by atoms with van der Waals surface area (Å²) in [5, 5.41) is 2.72. The number of nitrogens with one attached hydrogen (secondary N) is 1. The predicted octanol–water partition coefficient (Wildman–Crippen LogP) is 1.28. The lowest BCUT2D eigenvalue weighted by molar-refractivity contribution is 0.0506. The Morgan fingerprint density at radius 2 is 2.30 bits per heavy atom. The lowest BCUT2D eigenvalue weighted by atomic mass is 9.96. The van der Waals surface area contributed by atoms with Crippen molar-refractivity contribution in [2.45, 2.75) is 38.8 Å². The molecule has 1 fully saturated rings. The molecule has 1 aliphatic rings. The summed E-state index contributed by atoms with van der Waals surface area (Å²) < 4.78 is 4.87. The van der Waals surface area contributed by atoms with E-state index in [4.69, 9.17) is 4.74 Å². The molecule has 0 aromatic carbocycles. The highest BCUT2D eigenvalue weighted by molar-refractivity contribution is 5.69. The van der Waals surface area contributed by atoms with Crippen molar-refractivity contribution in [1.29, 1.82) is 0 Å². The first kappa shape index (κ1) is 7.38. The maximum atomic E-state index is 10.8. The molecule has 58 valence electrons. The lowest BCUT2D eigenvalue weighted by Gasteiger charge is -2.34. The summed E-state index contributed by atoms with van der Waals surface area (Å²) in [7, 11) is 0. The number of cyclic esters (lactones) is 1. The number of carbonyl (C=O) groups is 1. The topological polar surface area (TPSA) is 38.3 Å². The third-order valence-electron chi connectivity index (χ3n) is 1.55. The normalized spacial score (nSPS) is 30.7. The van der Waals surface area contributed by atoms with E-state index in [0.29, 0.717) is 0 Å². The van der Waals surface area contributed by atoms with Gasteiger partial charge in [0.1, 0.15) is 6.10 Å². The molecule has 1 N–H and O–H groups in total. The molecule has 3 nitrogen and oxygen atoms in total. The molecule has 1 saturated heterocycles. The van der Waals surface area contributed by atoms with E-state index in [1.54, 1.807) is 0 Å². The first-order chi connectivity index (χ1) is 4.49. The van der Waals surface area contributed by atoms with Gasteiger partial charge in [0.2, 0.25) is 0 Å². The van der Waals surface area contributed by atoms with Gasteiger partial charge >= 0.3 is 6.09 Å². The van der Waals surface area contributed by atoms with Gasteiger partial charge in [-0.15, -0.1) is 0 Å². The number of amides is 1. The highest BCUT2D eigenvalue weighted by atomic mass is 16.6. The molecule has 0 saturated carbocycles. The van der Waals surface area contributed by atoms with Gasteiger partial charge < -0.3 is 10.1 Å². The van der Waals surface area contributed by atoms with Gasteiger partial charge in [-0.2, -0.15) is 0 Å². The van der Waals surface area contributed by atoms with Crippen LogP contribution in [0.3, 0.4) is 0 Å². The first-order valence-electron chi connectivity index (χ1n) is 3.48. The maximum absolute atomic E-state index is 10.8. The predicted molar refractivity (Wildman–Crippen MR) is 37.8 cm³/mol. The minimum absolute atomic E-state index is 0.0451. The van der Waals surface area contributed by atoms with E-state index in [1.807, 2.05) is 20.8 Å². The van der Waals surface area contributed by atoms with Crippen LogP contribution >= 0.6 is 0 Å². The number of hydrogen-bond acceptors (Lipinski definition) is 2. The average molecular weight is 143 g/mol. The quantitative estimate of drug-likeness (QED) is 0.554. The summed E-state index contributed by atoms with van der Waals surface area (Å²) in [4.78, 5) is 10.8. The molecule has 0 unspecified atom stereocenters. The summed E-state index contributed by atoms with van der Waals surface area (Å²) in [5.74, 6) is 0. The smallest absolute Gasteiger partial charge is 0.407 e. The average Bonchev–Trinajstić information content (AvgIpc) is 1.54. The summed E-state index contributed by atoms with van der Waals surface area (Å²) in [6, 6.07) is 0. The van der Waals surface area contributed by atoms with Crippen LogP contribution in [0.2, 0.25) is 0 Å². The highest BCUT2D eigenvalue weighted by Gasteiger charge is 2.30. The summed E-state index contributed by atoms with van der Waals surface area (Å²) in [6.45, 7) is 5.88. The largest absolute Gasteiger partial charge is 0.446 e. The Hall–Kier alpha value is -0.730. The SMILES string of the molecule is C[C@@H]1CC(C)(C)NC(=O)O1. The summed E-state index contributed by atoms with van der Waals surface area (Å²) in [5.41, 5.74) is -0.102. The molecule has 1 heterocycles. The monoisotopic (exact) mass is 143 g/mol. The Morgan fingerprint density at radius 3 is 2.70 bits per heavy atom. The van der Waals surface area contributed by atoms with Gasteiger partial charge in [-0.3, -0.25) is 0 Å². The molecule has 0 aliphatic carbocycles. The van der Waals surface area contributed by atoms with E-state index >= 15 is 0 Å². The highest BCUT2D eigenvalue weighted by Crippen LogP contribution is 2.18. The maximum Gasteiger partial charge on any atom is 0.407 e. The number of ether oxygens (including phenoxy) is 1. The fraction of sp³-hybridized carbons (Fsp3) is 0.857. The van der Waals surface area contributed by atoms with E-state index in [-0.39, 0.29) is 17.7 Å². The lowest BCUT2D eigenvalue weighted by Crippen LogP contribution is -2.51. The molecule has 1 amide bonds. The minimum Gasteiger partial charge on any atom is -0.446 e. The van der Waals surface area contributed by atoms with Crippen molar-refractivity contribution < 1.29 is 9.53 Å². The number of rotatable bonds is 0. The number of carbonyl (C=O) groups excluding carboxylic acids is 1. The van der Waals surface area contributed by atoms with E-state index in [0.717, 1.165) is 6.42 Å². The second-order valence-corrected chi connectivity index (χ2v) is 3.43. The molecule has 0 aromatic rings. The van der Waals surface area contributed by atoms with Crippen molar-refractivity contribution >= 4 is 6.09 Å². The second kappa shape index (κ2) is 2.15. The molecular formula is C7H13NO2. The van der Waals surface area contributed by atoms with Crippen LogP contribution in [0.1, 0.15) is 27.2 Å². The standard InChI is InChI=1S/C7H13NO2/c1-5-4-7(2,3)8-6(9)10-5/h5H,4H2,1-3H3,(H,8,9)/t5-/m1/s1. The van der Waals surface area contributed by atoms with Gasteiger partial charge in [0.05, 0.1) is 0 Å². The zero-order valence-corrected chi connectivity index (χ0v) is 6.60. The van der Waals surface area contributed by atoms with Gasteiger partial charge in [0.25, 0.3) is 0 Å². The fourth-order valence-electron chi connectivity index (χ4n) is 1.30. The van der Waals surface area contributed by atoms with Crippen LogP contribution in [-0.4, -0.2) is 17.7 Å². The zero-order valence-electron chi connectivity index (χ0n) is 6.60. The van der Waals surface area contributed by atoms with Crippen molar-refractivity contribution in [3.63, 3.8) is 0 Å². The van der Waals surface area contributed by atoms with Crippen molar-refractivity contribution in [2.75, 3.05) is 0 Å². The molecule has 10 heavy (non-hydrogen) atoms. The van der Waals surface area contributed by atoms with E-state index in [1.165, 1.54) is 0 Å². The molecule has 1 atom stereocenters. The molecular weight excluding hydrogens is 130 g/mol. The molecule has 1 rings (SSSR count).